The molecule has 1 N–H and O–H groups in total. The fourth-order valence-corrected chi connectivity index (χ4v) is 3.24. The van der Waals surface area contributed by atoms with Gasteiger partial charge in [-0.05, 0) is 58.3 Å². The van der Waals surface area contributed by atoms with Crippen molar-refractivity contribution in [3.63, 3.8) is 0 Å². The molecular weight excluding hydrogens is 286 g/mol. The van der Waals surface area contributed by atoms with Crippen molar-refractivity contribution in [1.29, 1.82) is 0 Å². The summed E-state index contributed by atoms with van der Waals surface area (Å²) < 4.78 is 10.5. The summed E-state index contributed by atoms with van der Waals surface area (Å²) in [6, 6.07) is 2.48. The van der Waals surface area contributed by atoms with Crippen LogP contribution in [0.15, 0.2) is 21.6 Å². The third-order valence-electron chi connectivity index (χ3n) is 3.72. The largest absolute Gasteiger partial charge is 0.468 e. The monoisotopic (exact) mass is 311 g/mol. The van der Waals surface area contributed by atoms with Gasteiger partial charge >= 0.3 is 5.97 Å². The summed E-state index contributed by atoms with van der Waals surface area (Å²) in [5.74, 6) is 1.81. The third-order valence-corrected chi connectivity index (χ3v) is 4.94. The van der Waals surface area contributed by atoms with E-state index in [2.05, 4.69) is 5.32 Å². The first kappa shape index (κ1) is 16.4. The average Bonchev–Trinajstić information content (AvgIpc) is 3.16. The molecule has 1 heterocycles. The summed E-state index contributed by atoms with van der Waals surface area (Å²) in [5.41, 5.74) is -0.552. The molecular formula is C16H25NO3S. The number of hydrogen-bond acceptors (Lipinski definition) is 5. The number of esters is 1. The van der Waals surface area contributed by atoms with Gasteiger partial charge in [0.1, 0.15) is 11.3 Å². The van der Waals surface area contributed by atoms with Crippen LogP contribution in [0.4, 0.5) is 0 Å². The molecule has 0 aliphatic heterocycles. The lowest BCUT2D eigenvalue weighted by atomic mass is 9.96. The molecule has 1 aromatic rings. The molecule has 5 heteroatoms. The molecule has 0 aromatic carbocycles. The lowest BCUT2D eigenvalue weighted by Gasteiger charge is -2.28. The summed E-state index contributed by atoms with van der Waals surface area (Å²) in [5, 5.41) is 3.45. The number of thioether (sulfide) groups is 1. The van der Waals surface area contributed by atoms with Crippen molar-refractivity contribution in [3.8, 4) is 0 Å². The highest BCUT2D eigenvalue weighted by Crippen LogP contribution is 2.28. The Labute approximate surface area is 131 Å². The van der Waals surface area contributed by atoms with Crippen LogP contribution in [0.1, 0.15) is 45.3 Å². The van der Waals surface area contributed by atoms with Crippen LogP contribution in [0.5, 0.6) is 0 Å². The van der Waals surface area contributed by atoms with Crippen LogP contribution >= 0.6 is 11.8 Å². The zero-order chi connectivity index (χ0) is 15.3. The Morgan fingerprint density at radius 2 is 2.33 bits per heavy atom. The minimum absolute atomic E-state index is 0.124. The summed E-state index contributed by atoms with van der Waals surface area (Å²) in [7, 11) is 0. The summed E-state index contributed by atoms with van der Waals surface area (Å²) in [6.07, 6.45) is 5.81. The first-order valence-electron chi connectivity index (χ1n) is 7.67. The van der Waals surface area contributed by atoms with E-state index in [9.17, 15) is 4.79 Å². The minimum Gasteiger partial charge on any atom is -0.468 e. The maximum absolute atomic E-state index is 12.2. The molecule has 0 radical (unpaired) electrons. The molecule has 2 rings (SSSR count). The van der Waals surface area contributed by atoms with E-state index in [0.29, 0.717) is 12.6 Å². The number of nitrogens with one attached hydrogen (secondary N) is 1. The number of furan rings is 1. The van der Waals surface area contributed by atoms with Crippen molar-refractivity contribution in [2.45, 2.75) is 62.9 Å². The molecule has 1 aliphatic rings. The van der Waals surface area contributed by atoms with Crippen LogP contribution < -0.4 is 5.32 Å². The van der Waals surface area contributed by atoms with Crippen LogP contribution in [0, 0.1) is 6.92 Å². The molecule has 1 aliphatic carbocycles. The first-order valence-corrected chi connectivity index (χ1v) is 8.65. The van der Waals surface area contributed by atoms with Crippen LogP contribution in [0.25, 0.3) is 0 Å². The minimum atomic E-state index is -0.552. The molecule has 0 saturated heterocycles. The number of hydrogen-bond donors (Lipinski definition) is 1. The van der Waals surface area contributed by atoms with Gasteiger partial charge in [0, 0.05) is 10.9 Å². The number of rotatable bonds is 9. The van der Waals surface area contributed by atoms with Gasteiger partial charge in [-0.25, -0.2) is 0 Å². The molecule has 1 unspecified atom stereocenters. The second-order valence-electron chi connectivity index (χ2n) is 5.76. The van der Waals surface area contributed by atoms with Crippen molar-refractivity contribution < 1.29 is 13.9 Å². The van der Waals surface area contributed by atoms with Gasteiger partial charge in [-0.1, -0.05) is 0 Å². The molecule has 118 valence electrons. The molecule has 4 nitrogen and oxygen atoms in total. The lowest BCUT2D eigenvalue weighted by Crippen LogP contribution is -2.51. The number of aryl methyl sites for hydroxylation is 1. The Hall–Kier alpha value is -0.940. The molecule has 1 aromatic heterocycles. The standard InChI is InChI=1S/C16H25NO3S/c1-4-19-15(18)16(3,17-13-6-7-13)9-5-11-21-14-8-10-20-12(14)2/h8,10,13,17H,4-7,9,11H2,1-3H3. The van der Waals surface area contributed by atoms with E-state index >= 15 is 0 Å². The predicted octanol–water partition coefficient (Wildman–Crippen LogP) is 3.53. The van der Waals surface area contributed by atoms with Gasteiger partial charge in [0.2, 0.25) is 0 Å². The first-order chi connectivity index (χ1) is 10.0. The number of carbonyl (C=O) groups excluding carboxylic acids is 1. The smallest absolute Gasteiger partial charge is 0.326 e. The fraction of sp³-hybridized carbons (Fsp3) is 0.688. The second-order valence-corrected chi connectivity index (χ2v) is 6.90. The normalized spacial score (nSPS) is 17.5. The second kappa shape index (κ2) is 7.36. The van der Waals surface area contributed by atoms with Crippen molar-refractivity contribution in [2.24, 2.45) is 0 Å². The molecule has 1 atom stereocenters. The topological polar surface area (TPSA) is 51.5 Å². The van der Waals surface area contributed by atoms with Crippen molar-refractivity contribution in [1.82, 2.24) is 5.32 Å². The Bertz CT molecular complexity index is 470. The number of ether oxygens (including phenoxy) is 1. The summed E-state index contributed by atoms with van der Waals surface area (Å²) >= 11 is 1.78. The zero-order valence-corrected chi connectivity index (χ0v) is 13.9. The highest BCUT2D eigenvalue weighted by atomic mass is 32.2. The van der Waals surface area contributed by atoms with E-state index in [1.165, 1.54) is 4.90 Å². The fourth-order valence-electron chi connectivity index (χ4n) is 2.33. The maximum Gasteiger partial charge on any atom is 0.326 e. The molecule has 1 fully saturated rings. The summed E-state index contributed by atoms with van der Waals surface area (Å²) in [4.78, 5) is 13.4. The van der Waals surface area contributed by atoms with Gasteiger partial charge in [-0.15, -0.1) is 11.8 Å². The van der Waals surface area contributed by atoms with E-state index in [-0.39, 0.29) is 5.97 Å². The summed E-state index contributed by atoms with van der Waals surface area (Å²) in [6.45, 7) is 6.23. The van der Waals surface area contributed by atoms with Gasteiger partial charge < -0.3 is 9.15 Å². The van der Waals surface area contributed by atoms with E-state index < -0.39 is 5.54 Å². The zero-order valence-electron chi connectivity index (χ0n) is 13.1. The Kier molecular flexibility index (Phi) is 5.76. The van der Waals surface area contributed by atoms with Crippen molar-refractivity contribution in [3.05, 3.63) is 18.1 Å². The Balaban J connectivity index is 1.80. The van der Waals surface area contributed by atoms with Crippen LogP contribution in [0.3, 0.4) is 0 Å². The van der Waals surface area contributed by atoms with E-state index in [4.69, 9.17) is 9.15 Å². The van der Waals surface area contributed by atoms with Gasteiger partial charge in [0.25, 0.3) is 0 Å². The van der Waals surface area contributed by atoms with Gasteiger partial charge in [-0.3, -0.25) is 10.1 Å². The average molecular weight is 311 g/mol. The van der Waals surface area contributed by atoms with Gasteiger partial charge in [0.15, 0.2) is 0 Å². The Morgan fingerprint density at radius 1 is 1.57 bits per heavy atom. The Morgan fingerprint density at radius 3 is 2.90 bits per heavy atom. The SMILES string of the molecule is CCOC(=O)C(C)(CCCSc1ccoc1C)NC1CC1. The van der Waals surface area contributed by atoms with Crippen molar-refractivity contribution in [2.75, 3.05) is 12.4 Å². The highest BCUT2D eigenvalue weighted by Gasteiger charge is 2.39. The van der Waals surface area contributed by atoms with Gasteiger partial charge in [0.05, 0.1) is 12.9 Å². The quantitative estimate of drug-likeness (QED) is 0.429. The predicted molar refractivity (Wildman–Crippen MR) is 84.6 cm³/mol. The molecule has 21 heavy (non-hydrogen) atoms. The van der Waals surface area contributed by atoms with Crippen LogP contribution in [0.2, 0.25) is 0 Å². The maximum atomic E-state index is 12.2. The lowest BCUT2D eigenvalue weighted by molar-refractivity contribution is -0.151. The number of carbonyl (C=O) groups is 1. The van der Waals surface area contributed by atoms with Crippen molar-refractivity contribution >= 4 is 17.7 Å². The highest BCUT2D eigenvalue weighted by molar-refractivity contribution is 7.99. The molecule has 1 saturated carbocycles. The van der Waals surface area contributed by atoms with Crippen LogP contribution in [-0.4, -0.2) is 29.9 Å². The van der Waals surface area contributed by atoms with E-state index in [0.717, 1.165) is 37.2 Å². The molecule has 0 spiro atoms. The molecule has 0 bridgehead atoms. The van der Waals surface area contributed by atoms with E-state index in [1.54, 1.807) is 18.0 Å². The van der Waals surface area contributed by atoms with Gasteiger partial charge in [-0.2, -0.15) is 0 Å². The third kappa shape index (κ3) is 4.78. The van der Waals surface area contributed by atoms with E-state index in [1.807, 2.05) is 26.8 Å². The molecule has 0 amide bonds. The van der Waals surface area contributed by atoms with Crippen LogP contribution in [-0.2, 0) is 9.53 Å².